The van der Waals surface area contributed by atoms with Gasteiger partial charge in [0.1, 0.15) is 5.82 Å². The van der Waals surface area contributed by atoms with E-state index in [0.29, 0.717) is 21.0 Å². The number of benzene rings is 2. The van der Waals surface area contributed by atoms with Crippen LogP contribution in [0.3, 0.4) is 0 Å². The maximum absolute atomic E-state index is 13.3. The van der Waals surface area contributed by atoms with Crippen molar-refractivity contribution in [3.05, 3.63) is 69.7 Å². The first-order valence-electron chi connectivity index (χ1n) is 8.56. The topological polar surface area (TPSA) is 59.8 Å². The molecule has 5 nitrogen and oxygen atoms in total. The molecule has 1 heterocycles. The molecule has 0 fully saturated rings. The Labute approximate surface area is 176 Å². The quantitative estimate of drug-likeness (QED) is 0.518. The second kappa shape index (κ2) is 9.41. The van der Waals surface area contributed by atoms with E-state index < -0.39 is 11.7 Å². The standard InChI is InChI=1S/C19H17Cl2FN4OS/c1-2-8-28-19-25-24-17(26(19)14-6-7-15(20)16(21)10-14)11-23-18(27)12-4-3-5-13(22)9-12/h3-7,9-10H,2,8,11H2,1H3,(H,23,27). The molecule has 0 aliphatic carbocycles. The van der Waals surface area contributed by atoms with E-state index in [2.05, 4.69) is 22.4 Å². The van der Waals surface area contributed by atoms with Crippen LogP contribution in [0.15, 0.2) is 47.6 Å². The maximum Gasteiger partial charge on any atom is 0.251 e. The van der Waals surface area contributed by atoms with E-state index in [1.165, 1.54) is 18.2 Å². The summed E-state index contributed by atoms with van der Waals surface area (Å²) in [7, 11) is 0. The minimum Gasteiger partial charge on any atom is -0.345 e. The monoisotopic (exact) mass is 438 g/mol. The van der Waals surface area contributed by atoms with Crippen molar-refractivity contribution in [2.24, 2.45) is 0 Å². The van der Waals surface area contributed by atoms with Crippen LogP contribution >= 0.6 is 35.0 Å². The number of halogens is 3. The summed E-state index contributed by atoms with van der Waals surface area (Å²) in [6.45, 7) is 2.20. The average molecular weight is 439 g/mol. The number of carbonyl (C=O) groups is 1. The van der Waals surface area contributed by atoms with Gasteiger partial charge in [-0.05, 0) is 42.8 Å². The van der Waals surface area contributed by atoms with Gasteiger partial charge in [0.25, 0.3) is 5.91 Å². The fraction of sp³-hybridized carbons (Fsp3) is 0.211. The van der Waals surface area contributed by atoms with Gasteiger partial charge < -0.3 is 5.32 Å². The van der Waals surface area contributed by atoms with Crippen molar-refractivity contribution in [1.82, 2.24) is 20.1 Å². The fourth-order valence-electron chi connectivity index (χ4n) is 2.48. The van der Waals surface area contributed by atoms with E-state index in [-0.39, 0.29) is 12.1 Å². The first kappa shape index (κ1) is 20.6. The van der Waals surface area contributed by atoms with Gasteiger partial charge in [-0.1, -0.05) is 48.0 Å². The number of hydrogen-bond donors (Lipinski definition) is 1. The Morgan fingerprint density at radius 1 is 1.18 bits per heavy atom. The van der Waals surface area contributed by atoms with E-state index in [0.717, 1.165) is 17.9 Å². The largest absolute Gasteiger partial charge is 0.345 e. The zero-order valence-electron chi connectivity index (χ0n) is 15.0. The molecule has 1 aromatic heterocycles. The first-order chi connectivity index (χ1) is 13.5. The predicted molar refractivity (Wildman–Crippen MR) is 110 cm³/mol. The zero-order chi connectivity index (χ0) is 20.1. The summed E-state index contributed by atoms with van der Waals surface area (Å²) >= 11 is 13.7. The number of carbonyl (C=O) groups excluding carboxylic acids is 1. The Morgan fingerprint density at radius 2 is 2.00 bits per heavy atom. The molecule has 0 unspecified atom stereocenters. The summed E-state index contributed by atoms with van der Waals surface area (Å²) in [5, 5.41) is 12.7. The van der Waals surface area contributed by atoms with Gasteiger partial charge in [-0.15, -0.1) is 10.2 Å². The van der Waals surface area contributed by atoms with Crippen LogP contribution in [0.1, 0.15) is 29.5 Å². The van der Waals surface area contributed by atoms with Crippen LogP contribution in [-0.2, 0) is 6.54 Å². The van der Waals surface area contributed by atoms with Crippen molar-refractivity contribution in [1.29, 1.82) is 0 Å². The fourth-order valence-corrected chi connectivity index (χ4v) is 3.59. The van der Waals surface area contributed by atoms with Crippen molar-refractivity contribution in [2.45, 2.75) is 25.0 Å². The summed E-state index contributed by atoms with van der Waals surface area (Å²) in [5.41, 5.74) is 0.981. The Morgan fingerprint density at radius 3 is 2.71 bits per heavy atom. The summed E-state index contributed by atoms with van der Waals surface area (Å²) in [5.74, 6) is 0.535. The SMILES string of the molecule is CCCSc1nnc(CNC(=O)c2cccc(F)c2)n1-c1ccc(Cl)c(Cl)c1. The summed E-state index contributed by atoms with van der Waals surface area (Å²) < 4.78 is 15.2. The van der Waals surface area contributed by atoms with Crippen LogP contribution < -0.4 is 5.32 Å². The lowest BCUT2D eigenvalue weighted by Crippen LogP contribution is -2.24. The molecule has 1 amide bonds. The first-order valence-corrected chi connectivity index (χ1v) is 10.3. The molecular formula is C19H17Cl2FN4OS. The molecule has 0 radical (unpaired) electrons. The van der Waals surface area contributed by atoms with Gasteiger partial charge in [-0.3, -0.25) is 9.36 Å². The molecular weight excluding hydrogens is 422 g/mol. The highest BCUT2D eigenvalue weighted by atomic mass is 35.5. The molecule has 0 saturated carbocycles. The molecule has 0 spiro atoms. The molecule has 28 heavy (non-hydrogen) atoms. The summed E-state index contributed by atoms with van der Waals surface area (Å²) in [6, 6.07) is 10.7. The smallest absolute Gasteiger partial charge is 0.251 e. The van der Waals surface area contributed by atoms with Crippen molar-refractivity contribution in [3.63, 3.8) is 0 Å². The highest BCUT2D eigenvalue weighted by Crippen LogP contribution is 2.28. The number of nitrogens with one attached hydrogen (secondary N) is 1. The Kier molecular flexibility index (Phi) is 6.93. The van der Waals surface area contributed by atoms with E-state index in [4.69, 9.17) is 23.2 Å². The maximum atomic E-state index is 13.3. The van der Waals surface area contributed by atoms with E-state index in [1.54, 1.807) is 30.0 Å². The van der Waals surface area contributed by atoms with Crippen LogP contribution in [0.5, 0.6) is 0 Å². The van der Waals surface area contributed by atoms with E-state index in [1.807, 2.05) is 10.6 Å². The highest BCUT2D eigenvalue weighted by Gasteiger charge is 2.16. The molecule has 3 rings (SSSR count). The third kappa shape index (κ3) is 4.84. The molecule has 0 saturated heterocycles. The molecule has 2 aromatic carbocycles. The lowest BCUT2D eigenvalue weighted by Gasteiger charge is -2.12. The van der Waals surface area contributed by atoms with Crippen LogP contribution in [0, 0.1) is 5.82 Å². The van der Waals surface area contributed by atoms with Crippen LogP contribution in [0.2, 0.25) is 10.0 Å². The number of amides is 1. The molecule has 0 aliphatic heterocycles. The normalized spacial score (nSPS) is 10.9. The second-order valence-electron chi connectivity index (χ2n) is 5.87. The van der Waals surface area contributed by atoms with Gasteiger partial charge in [-0.2, -0.15) is 0 Å². The predicted octanol–water partition coefficient (Wildman–Crippen LogP) is 5.15. The number of rotatable bonds is 7. The lowest BCUT2D eigenvalue weighted by molar-refractivity contribution is 0.0949. The highest BCUT2D eigenvalue weighted by molar-refractivity contribution is 7.99. The molecule has 1 N–H and O–H groups in total. The summed E-state index contributed by atoms with van der Waals surface area (Å²) in [4.78, 5) is 12.3. The molecule has 3 aromatic rings. The Balaban J connectivity index is 1.87. The average Bonchev–Trinajstić information content (AvgIpc) is 3.09. The number of aromatic nitrogens is 3. The van der Waals surface area contributed by atoms with E-state index >= 15 is 0 Å². The van der Waals surface area contributed by atoms with Gasteiger partial charge in [-0.25, -0.2) is 4.39 Å². The van der Waals surface area contributed by atoms with Gasteiger partial charge in [0.15, 0.2) is 11.0 Å². The van der Waals surface area contributed by atoms with Crippen LogP contribution in [0.25, 0.3) is 5.69 Å². The van der Waals surface area contributed by atoms with E-state index in [9.17, 15) is 9.18 Å². The van der Waals surface area contributed by atoms with Gasteiger partial charge in [0.2, 0.25) is 0 Å². The van der Waals surface area contributed by atoms with Crippen molar-refractivity contribution in [3.8, 4) is 5.69 Å². The molecule has 0 aliphatic rings. The van der Waals surface area contributed by atoms with Crippen molar-refractivity contribution >= 4 is 40.9 Å². The molecule has 0 atom stereocenters. The van der Waals surface area contributed by atoms with Crippen molar-refractivity contribution < 1.29 is 9.18 Å². The Hall–Kier alpha value is -2.09. The van der Waals surface area contributed by atoms with Gasteiger partial charge in [0, 0.05) is 11.3 Å². The van der Waals surface area contributed by atoms with Crippen LogP contribution in [-0.4, -0.2) is 26.4 Å². The number of hydrogen-bond acceptors (Lipinski definition) is 4. The van der Waals surface area contributed by atoms with Crippen molar-refractivity contribution in [2.75, 3.05) is 5.75 Å². The van der Waals surface area contributed by atoms with Gasteiger partial charge >= 0.3 is 0 Å². The minimum atomic E-state index is -0.468. The second-order valence-corrected chi connectivity index (χ2v) is 7.75. The summed E-state index contributed by atoms with van der Waals surface area (Å²) in [6.07, 6.45) is 0.977. The molecule has 9 heteroatoms. The minimum absolute atomic E-state index is 0.120. The van der Waals surface area contributed by atoms with Gasteiger partial charge in [0.05, 0.1) is 22.3 Å². The Bertz CT molecular complexity index is 996. The molecule has 0 bridgehead atoms. The zero-order valence-corrected chi connectivity index (χ0v) is 17.3. The molecule has 146 valence electrons. The van der Waals surface area contributed by atoms with Crippen LogP contribution in [0.4, 0.5) is 4.39 Å². The lowest BCUT2D eigenvalue weighted by atomic mass is 10.2. The number of nitrogens with zero attached hydrogens (tertiary/aromatic N) is 3. The third-order valence-electron chi connectivity index (χ3n) is 3.79. The number of thioether (sulfide) groups is 1. The third-order valence-corrected chi connectivity index (χ3v) is 5.66.